The van der Waals surface area contributed by atoms with Crippen LogP contribution in [0.25, 0.3) is 11.3 Å². The van der Waals surface area contributed by atoms with E-state index in [4.69, 9.17) is 5.11 Å². The molecule has 0 radical (unpaired) electrons. The van der Waals surface area contributed by atoms with Crippen molar-refractivity contribution in [3.63, 3.8) is 0 Å². The largest absolute Gasteiger partial charge is 0.481 e. The second-order valence-electron chi connectivity index (χ2n) is 3.99. The van der Waals surface area contributed by atoms with Crippen molar-refractivity contribution in [3.8, 4) is 11.3 Å². The predicted molar refractivity (Wildman–Crippen MR) is 68.1 cm³/mol. The van der Waals surface area contributed by atoms with Gasteiger partial charge < -0.3 is 5.11 Å². The minimum atomic E-state index is -0.862. The molecule has 18 heavy (non-hydrogen) atoms. The molecule has 0 aliphatic carbocycles. The zero-order chi connectivity index (χ0) is 13.0. The monoisotopic (exact) mass is 242 g/mol. The Labute approximate surface area is 105 Å². The zero-order valence-electron chi connectivity index (χ0n) is 10.1. The molecule has 1 aromatic carbocycles. The summed E-state index contributed by atoms with van der Waals surface area (Å²) in [5, 5.41) is 9.05. The lowest BCUT2D eigenvalue weighted by molar-refractivity contribution is -0.138. The maximum atomic E-state index is 11.0. The van der Waals surface area contributed by atoms with E-state index in [1.54, 1.807) is 12.4 Å². The van der Waals surface area contributed by atoms with Gasteiger partial charge in [-0.05, 0) is 6.42 Å². The SMILES string of the molecule is CCC(C(=O)O)c1cnc(-c2ccccc2)cn1. The highest BCUT2D eigenvalue weighted by atomic mass is 16.4. The summed E-state index contributed by atoms with van der Waals surface area (Å²) in [5.74, 6) is -1.44. The third kappa shape index (κ3) is 2.53. The van der Waals surface area contributed by atoms with Gasteiger partial charge in [0.15, 0.2) is 0 Å². The molecular weight excluding hydrogens is 228 g/mol. The van der Waals surface area contributed by atoms with Crippen molar-refractivity contribution < 1.29 is 9.90 Å². The Morgan fingerprint density at radius 2 is 1.94 bits per heavy atom. The molecule has 4 nitrogen and oxygen atoms in total. The molecule has 1 N–H and O–H groups in total. The van der Waals surface area contributed by atoms with Gasteiger partial charge in [0.25, 0.3) is 0 Å². The van der Waals surface area contributed by atoms with Gasteiger partial charge in [-0.15, -0.1) is 0 Å². The Balaban J connectivity index is 2.28. The quantitative estimate of drug-likeness (QED) is 0.895. The van der Waals surface area contributed by atoms with Crippen LogP contribution in [0.4, 0.5) is 0 Å². The minimum Gasteiger partial charge on any atom is -0.481 e. The average Bonchev–Trinajstić information content (AvgIpc) is 2.41. The number of hydrogen-bond donors (Lipinski definition) is 1. The Kier molecular flexibility index (Phi) is 3.67. The highest BCUT2D eigenvalue weighted by Crippen LogP contribution is 2.20. The predicted octanol–water partition coefficient (Wildman–Crippen LogP) is 2.72. The minimum absolute atomic E-state index is 0.504. The summed E-state index contributed by atoms with van der Waals surface area (Å²) in [6, 6.07) is 9.67. The van der Waals surface area contributed by atoms with E-state index in [2.05, 4.69) is 9.97 Å². The van der Waals surface area contributed by atoms with Gasteiger partial charge in [0.05, 0.1) is 17.6 Å². The fourth-order valence-corrected chi connectivity index (χ4v) is 1.79. The second kappa shape index (κ2) is 5.40. The van der Waals surface area contributed by atoms with Crippen LogP contribution in [0.2, 0.25) is 0 Å². The zero-order valence-corrected chi connectivity index (χ0v) is 10.1. The molecule has 0 bridgehead atoms. The molecule has 0 saturated carbocycles. The number of carboxylic acid groups (broad SMARTS) is 1. The Hall–Kier alpha value is -2.23. The Morgan fingerprint density at radius 1 is 1.22 bits per heavy atom. The first-order valence-electron chi connectivity index (χ1n) is 5.82. The molecule has 4 heteroatoms. The number of aromatic nitrogens is 2. The molecule has 92 valence electrons. The van der Waals surface area contributed by atoms with Gasteiger partial charge in [-0.1, -0.05) is 37.3 Å². The standard InChI is InChI=1S/C14H14N2O2/c1-2-11(14(17)18)13-9-15-12(8-16-13)10-6-4-3-5-7-10/h3-9,11H,2H2,1H3,(H,17,18). The van der Waals surface area contributed by atoms with Crippen LogP contribution in [-0.4, -0.2) is 21.0 Å². The van der Waals surface area contributed by atoms with Gasteiger partial charge >= 0.3 is 5.97 Å². The summed E-state index contributed by atoms with van der Waals surface area (Å²) in [6.45, 7) is 1.82. The van der Waals surface area contributed by atoms with E-state index in [-0.39, 0.29) is 0 Å². The van der Waals surface area contributed by atoms with Crippen LogP contribution in [0.1, 0.15) is 25.0 Å². The van der Waals surface area contributed by atoms with Crippen LogP contribution >= 0.6 is 0 Å². The Bertz CT molecular complexity index is 523. The summed E-state index contributed by atoms with van der Waals surface area (Å²) >= 11 is 0. The highest BCUT2D eigenvalue weighted by molar-refractivity contribution is 5.75. The third-order valence-corrected chi connectivity index (χ3v) is 2.80. The molecule has 1 atom stereocenters. The smallest absolute Gasteiger partial charge is 0.312 e. The van der Waals surface area contributed by atoms with E-state index < -0.39 is 11.9 Å². The van der Waals surface area contributed by atoms with Gasteiger partial charge in [-0.3, -0.25) is 14.8 Å². The molecule has 0 spiro atoms. The van der Waals surface area contributed by atoms with Crippen LogP contribution in [0.15, 0.2) is 42.7 Å². The van der Waals surface area contributed by atoms with Crippen molar-refractivity contribution in [2.75, 3.05) is 0 Å². The maximum absolute atomic E-state index is 11.0. The van der Waals surface area contributed by atoms with Crippen LogP contribution in [0.3, 0.4) is 0 Å². The van der Waals surface area contributed by atoms with Gasteiger partial charge in [0, 0.05) is 11.8 Å². The van der Waals surface area contributed by atoms with Gasteiger partial charge in [-0.25, -0.2) is 0 Å². The van der Waals surface area contributed by atoms with Crippen molar-refractivity contribution in [2.45, 2.75) is 19.3 Å². The van der Waals surface area contributed by atoms with Gasteiger partial charge in [-0.2, -0.15) is 0 Å². The van der Waals surface area contributed by atoms with Crippen LogP contribution in [0.5, 0.6) is 0 Å². The molecule has 1 heterocycles. The fourth-order valence-electron chi connectivity index (χ4n) is 1.79. The highest BCUT2D eigenvalue weighted by Gasteiger charge is 2.19. The summed E-state index contributed by atoms with van der Waals surface area (Å²) < 4.78 is 0. The lowest BCUT2D eigenvalue weighted by atomic mass is 10.0. The second-order valence-corrected chi connectivity index (χ2v) is 3.99. The summed E-state index contributed by atoms with van der Waals surface area (Å²) in [6.07, 6.45) is 3.68. The molecule has 1 unspecified atom stereocenters. The van der Waals surface area contributed by atoms with Crippen molar-refractivity contribution in [1.29, 1.82) is 0 Å². The first kappa shape index (κ1) is 12.2. The van der Waals surface area contributed by atoms with E-state index >= 15 is 0 Å². The summed E-state index contributed by atoms with van der Waals surface area (Å²) in [5.41, 5.74) is 2.23. The van der Waals surface area contributed by atoms with Gasteiger partial charge in [0.1, 0.15) is 5.92 Å². The van der Waals surface area contributed by atoms with Crippen molar-refractivity contribution in [1.82, 2.24) is 9.97 Å². The first-order valence-corrected chi connectivity index (χ1v) is 5.82. The lowest BCUT2D eigenvalue weighted by Crippen LogP contribution is -2.12. The van der Waals surface area contributed by atoms with Crippen molar-refractivity contribution in [2.24, 2.45) is 0 Å². The fraction of sp³-hybridized carbons (Fsp3) is 0.214. The Morgan fingerprint density at radius 3 is 2.44 bits per heavy atom. The molecule has 2 aromatic rings. The average molecular weight is 242 g/mol. The molecule has 0 aliphatic heterocycles. The molecule has 0 saturated heterocycles. The molecule has 0 amide bonds. The molecule has 1 aromatic heterocycles. The van der Waals surface area contributed by atoms with Crippen LogP contribution in [0, 0.1) is 0 Å². The molecular formula is C14H14N2O2. The topological polar surface area (TPSA) is 63.1 Å². The van der Waals surface area contributed by atoms with E-state index in [0.717, 1.165) is 11.3 Å². The number of benzene rings is 1. The van der Waals surface area contributed by atoms with Crippen LogP contribution < -0.4 is 0 Å². The molecule has 0 fully saturated rings. The number of carbonyl (C=O) groups is 1. The molecule has 0 aliphatic rings. The molecule has 2 rings (SSSR count). The van der Waals surface area contributed by atoms with Gasteiger partial charge in [0.2, 0.25) is 0 Å². The van der Waals surface area contributed by atoms with Crippen molar-refractivity contribution >= 4 is 5.97 Å². The van der Waals surface area contributed by atoms with E-state index in [1.165, 1.54) is 0 Å². The summed E-state index contributed by atoms with van der Waals surface area (Å²) in [4.78, 5) is 19.5. The first-order chi connectivity index (χ1) is 8.72. The summed E-state index contributed by atoms with van der Waals surface area (Å²) in [7, 11) is 0. The number of rotatable bonds is 4. The lowest BCUT2D eigenvalue weighted by Gasteiger charge is -2.09. The normalized spacial score (nSPS) is 12.1. The van der Waals surface area contributed by atoms with E-state index in [1.807, 2.05) is 37.3 Å². The van der Waals surface area contributed by atoms with E-state index in [9.17, 15) is 4.79 Å². The number of nitrogens with zero attached hydrogens (tertiary/aromatic N) is 2. The third-order valence-electron chi connectivity index (χ3n) is 2.80. The van der Waals surface area contributed by atoms with Crippen LogP contribution in [-0.2, 0) is 4.79 Å². The maximum Gasteiger partial charge on any atom is 0.312 e. The van der Waals surface area contributed by atoms with E-state index in [0.29, 0.717) is 12.1 Å². The number of carboxylic acids is 1. The van der Waals surface area contributed by atoms with Crippen molar-refractivity contribution in [3.05, 3.63) is 48.4 Å². The number of hydrogen-bond acceptors (Lipinski definition) is 3. The number of aliphatic carboxylic acids is 1.